The Hall–Kier alpha value is -2.80. The number of rotatable bonds is 9. The van der Waals surface area contributed by atoms with Crippen molar-refractivity contribution in [3.63, 3.8) is 0 Å². The Morgan fingerprint density at radius 3 is 2.33 bits per heavy atom. The van der Waals surface area contributed by atoms with Gasteiger partial charge < -0.3 is 10.2 Å². The third kappa shape index (κ3) is 8.40. The molecule has 12 heteroatoms. The fourth-order valence-corrected chi connectivity index (χ4v) is 6.24. The standard InChI is InChI=1S/C22H31N3O3S2.C2H2O4/c1-4-5-15-30(27,28)23-25(22(26)19-9-7-6-8-10-19)13-12-24-17(2)16-20-11-14-29-21(20)18(24)3;3-1(4)2(5)6/h6-11,14,17-18,23H,4-5,12-13,15-16H2,1-3H3;(H,3,4)(H,5,6). The van der Waals surface area contributed by atoms with Crippen molar-refractivity contribution >= 4 is 39.2 Å². The number of nitrogens with one attached hydrogen (secondary N) is 1. The van der Waals surface area contributed by atoms with Crippen LogP contribution in [0, 0.1) is 0 Å². The quantitative estimate of drug-likeness (QED) is 0.326. The molecule has 2 heterocycles. The third-order valence-corrected chi connectivity index (χ3v) is 8.24. The Morgan fingerprint density at radius 2 is 1.75 bits per heavy atom. The zero-order valence-corrected chi connectivity index (χ0v) is 22.2. The first-order valence-electron chi connectivity index (χ1n) is 11.6. The molecule has 0 fully saturated rings. The van der Waals surface area contributed by atoms with E-state index in [1.807, 2.05) is 13.0 Å². The van der Waals surface area contributed by atoms with Gasteiger partial charge >= 0.3 is 11.9 Å². The highest BCUT2D eigenvalue weighted by Gasteiger charge is 2.31. The average Bonchev–Trinajstić information content (AvgIpc) is 3.31. The van der Waals surface area contributed by atoms with Gasteiger partial charge in [0.15, 0.2) is 0 Å². The van der Waals surface area contributed by atoms with Gasteiger partial charge in [-0.25, -0.2) is 18.0 Å². The van der Waals surface area contributed by atoms with E-state index in [9.17, 15) is 13.2 Å². The van der Waals surface area contributed by atoms with Crippen LogP contribution in [0.1, 0.15) is 60.5 Å². The summed E-state index contributed by atoms with van der Waals surface area (Å²) < 4.78 is 25.1. The first-order valence-corrected chi connectivity index (χ1v) is 14.1. The number of hydrogen-bond donors (Lipinski definition) is 3. The Bertz CT molecular complexity index is 1120. The second-order valence-electron chi connectivity index (χ2n) is 8.47. The van der Waals surface area contributed by atoms with Gasteiger partial charge in [0.25, 0.3) is 5.91 Å². The van der Waals surface area contributed by atoms with Crippen LogP contribution in [0.5, 0.6) is 0 Å². The number of amides is 1. The van der Waals surface area contributed by atoms with Crippen LogP contribution >= 0.6 is 11.3 Å². The van der Waals surface area contributed by atoms with E-state index in [4.69, 9.17) is 19.8 Å². The molecule has 1 aliphatic heterocycles. The number of fused-ring (bicyclic) bond motifs is 1. The van der Waals surface area contributed by atoms with Gasteiger partial charge in [0.05, 0.1) is 12.3 Å². The van der Waals surface area contributed by atoms with Gasteiger partial charge in [-0.05, 0) is 55.8 Å². The van der Waals surface area contributed by atoms with Gasteiger partial charge in [-0.2, -0.15) is 0 Å². The minimum atomic E-state index is -3.58. The van der Waals surface area contributed by atoms with Crippen molar-refractivity contribution in [2.24, 2.45) is 0 Å². The number of hydrogen-bond acceptors (Lipinski definition) is 7. The topological polar surface area (TPSA) is 144 Å². The molecule has 0 saturated heterocycles. The van der Waals surface area contributed by atoms with Crippen molar-refractivity contribution in [3.05, 3.63) is 57.8 Å². The molecule has 198 valence electrons. The number of thiophene rings is 1. The third-order valence-electron chi connectivity index (χ3n) is 5.79. The molecule has 0 saturated carbocycles. The molecule has 1 aromatic heterocycles. The van der Waals surface area contributed by atoms with E-state index in [2.05, 4.69) is 35.0 Å². The number of nitrogens with zero attached hydrogens (tertiary/aromatic N) is 2. The molecule has 1 aliphatic rings. The monoisotopic (exact) mass is 539 g/mol. The molecular formula is C24H33N3O7S2. The highest BCUT2D eigenvalue weighted by atomic mass is 32.2. The lowest BCUT2D eigenvalue weighted by Gasteiger charge is -2.39. The molecule has 36 heavy (non-hydrogen) atoms. The highest BCUT2D eigenvalue weighted by Crippen LogP contribution is 2.36. The fourth-order valence-electron chi connectivity index (χ4n) is 3.95. The lowest BCUT2D eigenvalue weighted by Crippen LogP contribution is -2.51. The fraction of sp³-hybridized carbons (Fsp3) is 0.458. The van der Waals surface area contributed by atoms with Gasteiger partial charge in [-0.1, -0.05) is 31.5 Å². The molecule has 0 spiro atoms. The number of hydrazine groups is 1. The van der Waals surface area contributed by atoms with Crippen LogP contribution in [-0.4, -0.2) is 71.3 Å². The second-order valence-corrected chi connectivity index (χ2v) is 11.2. The van der Waals surface area contributed by atoms with Crippen molar-refractivity contribution in [2.75, 3.05) is 18.8 Å². The van der Waals surface area contributed by atoms with Crippen LogP contribution in [0.3, 0.4) is 0 Å². The Labute approximate surface area is 215 Å². The maximum absolute atomic E-state index is 13.1. The molecule has 0 aliphatic carbocycles. The van der Waals surface area contributed by atoms with Gasteiger partial charge in [0, 0.05) is 29.1 Å². The number of benzene rings is 1. The van der Waals surface area contributed by atoms with Crippen LogP contribution in [0.25, 0.3) is 0 Å². The van der Waals surface area contributed by atoms with Gasteiger partial charge in [-0.3, -0.25) is 14.7 Å². The SMILES string of the molecule is CCCCS(=O)(=O)NN(CCN1C(C)Cc2ccsc2C1C)C(=O)c1ccccc1.O=C(O)C(=O)O. The summed E-state index contributed by atoms with van der Waals surface area (Å²) in [4.78, 5) is 37.5. The lowest BCUT2D eigenvalue weighted by atomic mass is 9.97. The van der Waals surface area contributed by atoms with Crippen molar-refractivity contribution < 1.29 is 33.0 Å². The van der Waals surface area contributed by atoms with E-state index < -0.39 is 22.0 Å². The summed E-state index contributed by atoms with van der Waals surface area (Å²) in [6, 6.07) is 11.6. The van der Waals surface area contributed by atoms with E-state index in [0.29, 0.717) is 24.6 Å². The number of aliphatic carboxylic acids is 2. The zero-order valence-electron chi connectivity index (χ0n) is 20.6. The van der Waals surface area contributed by atoms with Crippen LogP contribution in [0.4, 0.5) is 0 Å². The highest BCUT2D eigenvalue weighted by molar-refractivity contribution is 7.89. The largest absolute Gasteiger partial charge is 0.473 e. The van der Waals surface area contributed by atoms with Gasteiger partial charge in [0.1, 0.15) is 0 Å². The molecule has 3 rings (SSSR count). The molecule has 2 unspecified atom stereocenters. The summed E-state index contributed by atoms with van der Waals surface area (Å²) in [6.07, 6.45) is 2.31. The minimum absolute atomic E-state index is 0.0111. The smallest absolute Gasteiger partial charge is 0.414 e. The number of carbonyl (C=O) groups excluding carboxylic acids is 1. The van der Waals surface area contributed by atoms with E-state index in [1.54, 1.807) is 35.6 Å². The average molecular weight is 540 g/mol. The van der Waals surface area contributed by atoms with E-state index in [1.165, 1.54) is 15.4 Å². The lowest BCUT2D eigenvalue weighted by molar-refractivity contribution is -0.159. The van der Waals surface area contributed by atoms with Gasteiger partial charge in [-0.15, -0.1) is 16.2 Å². The second kappa shape index (κ2) is 13.5. The van der Waals surface area contributed by atoms with Crippen molar-refractivity contribution in [2.45, 2.75) is 52.1 Å². The predicted molar refractivity (Wildman–Crippen MR) is 137 cm³/mol. The number of carboxylic acids is 2. The summed E-state index contributed by atoms with van der Waals surface area (Å²) in [5, 5.41) is 18.2. The minimum Gasteiger partial charge on any atom is -0.473 e. The molecule has 1 aromatic carbocycles. The normalized spacial score (nSPS) is 17.4. The molecule has 2 atom stereocenters. The summed E-state index contributed by atoms with van der Waals surface area (Å²) in [6.45, 7) is 7.19. The number of carbonyl (C=O) groups is 3. The van der Waals surface area contributed by atoms with Crippen LogP contribution < -0.4 is 4.83 Å². The summed E-state index contributed by atoms with van der Waals surface area (Å²) >= 11 is 1.76. The molecule has 3 N–H and O–H groups in total. The van der Waals surface area contributed by atoms with Crippen molar-refractivity contribution in [1.82, 2.24) is 14.7 Å². The van der Waals surface area contributed by atoms with Gasteiger partial charge in [0.2, 0.25) is 10.0 Å². The van der Waals surface area contributed by atoms with Crippen LogP contribution in [-0.2, 0) is 26.0 Å². The molecule has 0 radical (unpaired) electrons. The molecule has 1 amide bonds. The maximum Gasteiger partial charge on any atom is 0.414 e. The van der Waals surface area contributed by atoms with Crippen LogP contribution in [0.2, 0.25) is 0 Å². The number of unbranched alkanes of at least 4 members (excludes halogenated alkanes) is 1. The van der Waals surface area contributed by atoms with E-state index in [0.717, 1.165) is 12.8 Å². The first-order chi connectivity index (χ1) is 17.0. The molecular weight excluding hydrogens is 506 g/mol. The first kappa shape index (κ1) is 29.4. The molecule has 10 nitrogen and oxygen atoms in total. The Morgan fingerprint density at radius 1 is 1.11 bits per heavy atom. The van der Waals surface area contributed by atoms with Crippen LogP contribution in [0.15, 0.2) is 41.8 Å². The molecule has 2 aromatic rings. The summed E-state index contributed by atoms with van der Waals surface area (Å²) in [7, 11) is -3.58. The Kier molecular flexibility index (Phi) is 11.0. The number of carboxylic acid groups (broad SMARTS) is 2. The summed E-state index contributed by atoms with van der Waals surface area (Å²) in [5.41, 5.74) is 1.87. The maximum atomic E-state index is 13.1. The number of sulfonamides is 1. The molecule has 0 bridgehead atoms. The van der Waals surface area contributed by atoms with E-state index >= 15 is 0 Å². The Balaban J connectivity index is 0.000000678. The summed E-state index contributed by atoms with van der Waals surface area (Å²) in [5.74, 6) is -3.97. The van der Waals surface area contributed by atoms with Crippen molar-refractivity contribution in [3.8, 4) is 0 Å². The van der Waals surface area contributed by atoms with Crippen molar-refractivity contribution in [1.29, 1.82) is 0 Å². The van der Waals surface area contributed by atoms with E-state index in [-0.39, 0.29) is 24.2 Å². The zero-order chi connectivity index (χ0) is 26.9. The predicted octanol–water partition coefficient (Wildman–Crippen LogP) is 2.99.